The number of sulfonamides is 1. The summed E-state index contributed by atoms with van der Waals surface area (Å²) in [6.45, 7) is 0. The van der Waals surface area contributed by atoms with Crippen LogP contribution in [0.25, 0.3) is 0 Å². The van der Waals surface area contributed by atoms with Gasteiger partial charge in [-0.3, -0.25) is 4.72 Å². The average Bonchev–Trinajstić information content (AvgIpc) is 3.33. The van der Waals surface area contributed by atoms with E-state index in [1.165, 1.54) is 0 Å². The Labute approximate surface area is 194 Å². The molecule has 3 aromatic rings. The summed E-state index contributed by atoms with van der Waals surface area (Å²) in [4.78, 5) is 0.260. The topological polar surface area (TPSA) is 76.7 Å². The third-order valence-electron chi connectivity index (χ3n) is 6.44. The highest BCUT2D eigenvalue weighted by Gasteiger charge is 2.38. The Bertz CT molecular complexity index is 1310. The summed E-state index contributed by atoms with van der Waals surface area (Å²) < 4.78 is 39.6. The van der Waals surface area contributed by atoms with Gasteiger partial charge in [0.25, 0.3) is 10.0 Å². The minimum atomic E-state index is -3.69. The summed E-state index contributed by atoms with van der Waals surface area (Å²) in [6.07, 6.45) is 5.29. The van der Waals surface area contributed by atoms with Gasteiger partial charge in [-0.15, -0.1) is 0 Å². The molecule has 0 amide bonds. The van der Waals surface area contributed by atoms with E-state index in [9.17, 15) is 8.42 Å². The number of nitrogens with one attached hydrogen (secondary N) is 2. The van der Waals surface area contributed by atoms with Crippen molar-refractivity contribution in [2.24, 2.45) is 5.92 Å². The quantitative estimate of drug-likeness (QED) is 0.484. The molecule has 0 saturated heterocycles. The van der Waals surface area contributed by atoms with E-state index in [2.05, 4.69) is 28.3 Å². The van der Waals surface area contributed by atoms with Crippen molar-refractivity contribution < 1.29 is 17.9 Å². The minimum Gasteiger partial charge on any atom is -0.493 e. The van der Waals surface area contributed by atoms with Gasteiger partial charge in [-0.25, -0.2) is 8.42 Å². The second kappa shape index (κ2) is 8.48. The van der Waals surface area contributed by atoms with E-state index in [0.717, 1.165) is 23.2 Å². The Kier molecular flexibility index (Phi) is 5.50. The summed E-state index contributed by atoms with van der Waals surface area (Å²) in [7, 11) is -0.428. The van der Waals surface area contributed by atoms with Gasteiger partial charge in [-0.1, -0.05) is 36.4 Å². The van der Waals surface area contributed by atoms with Gasteiger partial charge in [-0.2, -0.15) is 0 Å². The molecular weight excluding hydrogens is 436 g/mol. The van der Waals surface area contributed by atoms with E-state index in [-0.39, 0.29) is 22.8 Å². The van der Waals surface area contributed by atoms with Gasteiger partial charge in [0.2, 0.25) is 0 Å². The first-order chi connectivity index (χ1) is 16.0. The molecule has 1 heterocycles. The molecule has 3 aromatic carbocycles. The SMILES string of the molecule is COc1ccc(C2Nc3ccc(S(=O)(=O)Nc4ccccc4)cc3C3C=CCC32)cc1OC. The van der Waals surface area contributed by atoms with Crippen molar-refractivity contribution in [2.45, 2.75) is 23.3 Å². The summed E-state index contributed by atoms with van der Waals surface area (Å²) in [5.74, 6) is 1.79. The van der Waals surface area contributed by atoms with Gasteiger partial charge in [-0.05, 0) is 65.9 Å². The molecule has 2 aliphatic rings. The number of hydrogen-bond acceptors (Lipinski definition) is 5. The third kappa shape index (κ3) is 3.93. The highest BCUT2D eigenvalue weighted by Crippen LogP contribution is 2.50. The zero-order valence-electron chi connectivity index (χ0n) is 18.5. The van der Waals surface area contributed by atoms with E-state index in [0.29, 0.717) is 17.2 Å². The Hall–Kier alpha value is -3.45. The van der Waals surface area contributed by atoms with Crippen LogP contribution in [-0.4, -0.2) is 22.6 Å². The Morgan fingerprint density at radius 3 is 2.48 bits per heavy atom. The molecule has 0 saturated carbocycles. The molecular formula is C26H26N2O4S. The first-order valence-electron chi connectivity index (χ1n) is 10.9. The van der Waals surface area contributed by atoms with E-state index in [4.69, 9.17) is 9.47 Å². The van der Waals surface area contributed by atoms with Gasteiger partial charge in [0.05, 0.1) is 25.2 Å². The average molecular weight is 463 g/mol. The molecule has 7 heteroatoms. The molecule has 0 aromatic heterocycles. The van der Waals surface area contributed by atoms with Crippen LogP contribution in [0.15, 0.2) is 83.8 Å². The van der Waals surface area contributed by atoms with Crippen LogP contribution in [-0.2, 0) is 10.0 Å². The third-order valence-corrected chi connectivity index (χ3v) is 7.82. The van der Waals surface area contributed by atoms with Gasteiger partial charge < -0.3 is 14.8 Å². The number of methoxy groups -OCH3 is 2. The van der Waals surface area contributed by atoms with Crippen molar-refractivity contribution >= 4 is 21.4 Å². The number of hydrogen-bond donors (Lipinski definition) is 2. The predicted molar refractivity (Wildman–Crippen MR) is 130 cm³/mol. The first kappa shape index (κ1) is 21.4. The van der Waals surface area contributed by atoms with Crippen molar-refractivity contribution in [2.75, 3.05) is 24.3 Å². The second-order valence-corrected chi connectivity index (χ2v) is 9.99. The maximum atomic E-state index is 13.0. The Morgan fingerprint density at radius 2 is 1.73 bits per heavy atom. The second-order valence-electron chi connectivity index (χ2n) is 8.31. The van der Waals surface area contributed by atoms with Crippen LogP contribution in [0, 0.1) is 5.92 Å². The van der Waals surface area contributed by atoms with Crippen LogP contribution >= 0.6 is 0 Å². The van der Waals surface area contributed by atoms with Crippen LogP contribution in [0.2, 0.25) is 0 Å². The zero-order chi connectivity index (χ0) is 23.0. The van der Waals surface area contributed by atoms with Crippen LogP contribution in [0.3, 0.4) is 0 Å². The number of rotatable bonds is 6. The van der Waals surface area contributed by atoms with Crippen molar-refractivity contribution in [3.63, 3.8) is 0 Å². The lowest BCUT2D eigenvalue weighted by molar-refractivity contribution is 0.353. The molecule has 2 N–H and O–H groups in total. The maximum absolute atomic E-state index is 13.0. The Balaban J connectivity index is 1.49. The lowest BCUT2D eigenvalue weighted by Gasteiger charge is -2.38. The monoisotopic (exact) mass is 462 g/mol. The van der Waals surface area contributed by atoms with Crippen molar-refractivity contribution in [1.82, 2.24) is 0 Å². The van der Waals surface area contributed by atoms with Gasteiger partial charge in [0.15, 0.2) is 11.5 Å². The molecule has 0 fully saturated rings. The largest absolute Gasteiger partial charge is 0.493 e. The minimum absolute atomic E-state index is 0.0715. The number of ether oxygens (including phenoxy) is 2. The van der Waals surface area contributed by atoms with Crippen LogP contribution in [0.4, 0.5) is 11.4 Å². The van der Waals surface area contributed by atoms with Crippen LogP contribution in [0.5, 0.6) is 11.5 Å². The highest BCUT2D eigenvalue weighted by molar-refractivity contribution is 7.92. The smallest absolute Gasteiger partial charge is 0.261 e. The highest BCUT2D eigenvalue weighted by atomic mass is 32.2. The summed E-state index contributed by atoms with van der Waals surface area (Å²) >= 11 is 0. The molecule has 1 aliphatic heterocycles. The zero-order valence-corrected chi connectivity index (χ0v) is 19.3. The standard InChI is InChI=1S/C26H26N2O4S/c1-31-24-14-11-17(15-25(24)32-2)26-21-10-6-9-20(21)22-16-19(12-13-23(22)27-26)33(29,30)28-18-7-4-3-5-8-18/h3-9,11-16,20-21,26-28H,10H2,1-2H3. The molecule has 3 unspecified atom stereocenters. The number of allylic oxidation sites excluding steroid dienone is 2. The van der Waals surface area contributed by atoms with Crippen molar-refractivity contribution in [3.05, 3.63) is 90.0 Å². The number of fused-ring (bicyclic) bond motifs is 3. The van der Waals surface area contributed by atoms with Gasteiger partial charge in [0.1, 0.15) is 0 Å². The molecule has 5 rings (SSSR count). The molecule has 3 atom stereocenters. The molecule has 33 heavy (non-hydrogen) atoms. The maximum Gasteiger partial charge on any atom is 0.261 e. The predicted octanol–water partition coefficient (Wildman–Crippen LogP) is 5.33. The lowest BCUT2D eigenvalue weighted by atomic mass is 9.77. The number of para-hydroxylation sites is 1. The Morgan fingerprint density at radius 1 is 0.939 bits per heavy atom. The van der Waals surface area contributed by atoms with Crippen LogP contribution < -0.4 is 19.5 Å². The fourth-order valence-electron chi connectivity index (χ4n) is 4.84. The fraction of sp³-hybridized carbons (Fsp3) is 0.231. The number of benzene rings is 3. The fourth-order valence-corrected chi connectivity index (χ4v) is 5.93. The summed E-state index contributed by atoms with van der Waals surface area (Å²) in [6, 6.07) is 20.3. The van der Waals surface area contributed by atoms with Crippen molar-refractivity contribution in [3.8, 4) is 11.5 Å². The molecule has 0 radical (unpaired) electrons. The first-order valence-corrected chi connectivity index (χ1v) is 12.4. The normalized spacial score (nSPS) is 21.0. The van der Waals surface area contributed by atoms with E-state index in [1.807, 2.05) is 24.3 Å². The lowest BCUT2D eigenvalue weighted by Crippen LogP contribution is -2.29. The van der Waals surface area contributed by atoms with Crippen LogP contribution in [0.1, 0.15) is 29.5 Å². The van der Waals surface area contributed by atoms with Gasteiger partial charge in [0, 0.05) is 17.3 Å². The van der Waals surface area contributed by atoms with E-state index >= 15 is 0 Å². The summed E-state index contributed by atoms with van der Waals surface area (Å²) in [5, 5.41) is 3.65. The van der Waals surface area contributed by atoms with E-state index < -0.39 is 10.0 Å². The van der Waals surface area contributed by atoms with Gasteiger partial charge >= 0.3 is 0 Å². The van der Waals surface area contributed by atoms with Crippen molar-refractivity contribution in [1.29, 1.82) is 0 Å². The summed E-state index contributed by atoms with van der Waals surface area (Å²) in [5.41, 5.74) is 3.60. The molecule has 1 aliphatic carbocycles. The number of anilines is 2. The molecule has 6 nitrogen and oxygen atoms in total. The molecule has 0 spiro atoms. The van der Waals surface area contributed by atoms with E-state index in [1.54, 1.807) is 50.6 Å². The molecule has 170 valence electrons. The molecule has 0 bridgehead atoms.